The standard InChI is InChI=1S/C19H18ClN3O3/c1-12-5-3-4-6-15(12)17(26-2)11-22-18(24)19(25)23-16-9-14(20)8-7-13(16)10-21/h3-9,17H,11H2,1-2H3,(H,22,24)(H,23,25)/t17-/m0/s1. The van der Waals surface area contributed by atoms with Gasteiger partial charge in [-0.2, -0.15) is 5.26 Å². The number of carbonyl (C=O) groups is 2. The zero-order valence-electron chi connectivity index (χ0n) is 14.4. The highest BCUT2D eigenvalue weighted by molar-refractivity contribution is 6.40. The van der Waals surface area contributed by atoms with E-state index >= 15 is 0 Å². The van der Waals surface area contributed by atoms with E-state index in [1.165, 1.54) is 25.3 Å². The third-order valence-electron chi connectivity index (χ3n) is 3.82. The smallest absolute Gasteiger partial charge is 0.313 e. The Morgan fingerprint density at radius 1 is 1.23 bits per heavy atom. The molecular weight excluding hydrogens is 354 g/mol. The number of halogens is 1. The second-order valence-corrected chi connectivity index (χ2v) is 5.98. The van der Waals surface area contributed by atoms with Gasteiger partial charge in [-0.3, -0.25) is 9.59 Å². The molecule has 2 rings (SSSR count). The van der Waals surface area contributed by atoms with E-state index in [1.54, 1.807) is 0 Å². The fourth-order valence-electron chi connectivity index (χ4n) is 2.43. The van der Waals surface area contributed by atoms with Crippen molar-refractivity contribution in [3.8, 4) is 6.07 Å². The van der Waals surface area contributed by atoms with E-state index in [9.17, 15) is 9.59 Å². The largest absolute Gasteiger partial charge is 0.375 e. The summed E-state index contributed by atoms with van der Waals surface area (Å²) in [5.74, 6) is -1.71. The highest BCUT2D eigenvalue weighted by Crippen LogP contribution is 2.21. The molecule has 0 spiro atoms. The zero-order valence-corrected chi connectivity index (χ0v) is 15.1. The molecule has 0 aromatic heterocycles. The van der Waals surface area contributed by atoms with E-state index in [0.717, 1.165) is 11.1 Å². The van der Waals surface area contributed by atoms with E-state index in [1.807, 2.05) is 37.3 Å². The molecule has 0 bridgehead atoms. The number of carbonyl (C=O) groups excluding carboxylic acids is 2. The predicted octanol–water partition coefficient (Wildman–Crippen LogP) is 2.96. The Kier molecular flexibility index (Phi) is 6.73. The zero-order chi connectivity index (χ0) is 19.1. The predicted molar refractivity (Wildman–Crippen MR) is 98.7 cm³/mol. The molecule has 2 aromatic rings. The van der Waals surface area contributed by atoms with Crippen LogP contribution in [0, 0.1) is 18.3 Å². The van der Waals surface area contributed by atoms with Gasteiger partial charge in [0.2, 0.25) is 0 Å². The summed E-state index contributed by atoms with van der Waals surface area (Å²) in [5.41, 5.74) is 2.35. The van der Waals surface area contributed by atoms with Gasteiger partial charge in [0.1, 0.15) is 6.07 Å². The van der Waals surface area contributed by atoms with Crippen LogP contribution in [0.1, 0.15) is 22.8 Å². The third-order valence-corrected chi connectivity index (χ3v) is 4.06. The first-order valence-electron chi connectivity index (χ1n) is 7.83. The molecule has 2 aromatic carbocycles. The summed E-state index contributed by atoms with van der Waals surface area (Å²) in [6.45, 7) is 2.08. The number of nitrogens with one attached hydrogen (secondary N) is 2. The Hall–Kier alpha value is -2.88. The van der Waals surface area contributed by atoms with Crippen LogP contribution in [-0.4, -0.2) is 25.5 Å². The first kappa shape index (κ1) is 19.4. The summed E-state index contributed by atoms with van der Waals surface area (Å²) >= 11 is 5.86. The molecule has 7 heteroatoms. The number of hydrogen-bond acceptors (Lipinski definition) is 4. The molecule has 0 fully saturated rings. The van der Waals surface area contributed by atoms with Crippen molar-refractivity contribution in [1.29, 1.82) is 5.26 Å². The van der Waals surface area contributed by atoms with Crippen LogP contribution in [0.2, 0.25) is 5.02 Å². The normalized spacial score (nSPS) is 11.3. The molecule has 26 heavy (non-hydrogen) atoms. The highest BCUT2D eigenvalue weighted by Gasteiger charge is 2.19. The molecule has 2 amide bonds. The third kappa shape index (κ3) is 4.82. The van der Waals surface area contributed by atoms with Gasteiger partial charge in [0, 0.05) is 18.7 Å². The summed E-state index contributed by atoms with van der Waals surface area (Å²) in [4.78, 5) is 24.2. The lowest BCUT2D eigenvalue weighted by molar-refractivity contribution is -0.136. The van der Waals surface area contributed by atoms with Gasteiger partial charge >= 0.3 is 11.8 Å². The van der Waals surface area contributed by atoms with Crippen molar-refractivity contribution in [3.05, 3.63) is 64.2 Å². The maximum Gasteiger partial charge on any atom is 0.313 e. The summed E-state index contributed by atoms with van der Waals surface area (Å²) < 4.78 is 5.41. The molecule has 0 aliphatic carbocycles. The number of methoxy groups -OCH3 is 1. The lowest BCUT2D eigenvalue weighted by Crippen LogP contribution is -2.38. The van der Waals surface area contributed by atoms with Crippen molar-refractivity contribution < 1.29 is 14.3 Å². The van der Waals surface area contributed by atoms with Gasteiger partial charge in [-0.05, 0) is 36.2 Å². The Balaban J connectivity index is 2.01. The first-order valence-corrected chi connectivity index (χ1v) is 8.21. The van der Waals surface area contributed by atoms with Crippen molar-refractivity contribution in [2.45, 2.75) is 13.0 Å². The number of benzene rings is 2. The number of rotatable bonds is 5. The van der Waals surface area contributed by atoms with Crippen LogP contribution in [0.25, 0.3) is 0 Å². The van der Waals surface area contributed by atoms with E-state index in [0.29, 0.717) is 5.02 Å². The molecule has 1 atom stereocenters. The van der Waals surface area contributed by atoms with E-state index in [4.69, 9.17) is 21.6 Å². The average Bonchev–Trinajstić information content (AvgIpc) is 2.63. The quantitative estimate of drug-likeness (QED) is 0.790. The van der Waals surface area contributed by atoms with Crippen molar-refractivity contribution in [1.82, 2.24) is 5.32 Å². The van der Waals surface area contributed by atoms with Crippen molar-refractivity contribution in [2.75, 3.05) is 19.0 Å². The molecule has 0 unspecified atom stereocenters. The summed E-state index contributed by atoms with van der Waals surface area (Å²) in [6.07, 6.45) is -0.381. The topological polar surface area (TPSA) is 91.2 Å². The van der Waals surface area contributed by atoms with Gasteiger partial charge in [0.15, 0.2) is 0 Å². The maximum atomic E-state index is 12.1. The van der Waals surface area contributed by atoms with Crippen LogP contribution < -0.4 is 10.6 Å². The van der Waals surface area contributed by atoms with Crippen LogP contribution in [0.3, 0.4) is 0 Å². The number of anilines is 1. The summed E-state index contributed by atoms with van der Waals surface area (Å²) in [7, 11) is 1.54. The van der Waals surface area contributed by atoms with Crippen LogP contribution in [0.4, 0.5) is 5.69 Å². The van der Waals surface area contributed by atoms with Gasteiger partial charge in [-0.1, -0.05) is 35.9 Å². The average molecular weight is 372 g/mol. The van der Waals surface area contributed by atoms with Gasteiger partial charge in [-0.25, -0.2) is 0 Å². The van der Waals surface area contributed by atoms with Crippen molar-refractivity contribution in [2.24, 2.45) is 0 Å². The fourth-order valence-corrected chi connectivity index (χ4v) is 2.60. The Labute approximate surface area is 156 Å². The van der Waals surface area contributed by atoms with E-state index in [-0.39, 0.29) is 23.9 Å². The van der Waals surface area contributed by atoms with Crippen LogP contribution in [-0.2, 0) is 14.3 Å². The molecule has 0 aliphatic rings. The minimum absolute atomic E-state index is 0.133. The van der Waals surface area contributed by atoms with Gasteiger partial charge < -0.3 is 15.4 Å². The number of nitrogens with zero attached hydrogens (tertiary/aromatic N) is 1. The first-order chi connectivity index (χ1) is 12.5. The van der Waals surface area contributed by atoms with Crippen molar-refractivity contribution >= 4 is 29.1 Å². The molecule has 0 saturated heterocycles. The number of aryl methyl sites for hydroxylation is 1. The van der Waals surface area contributed by atoms with Gasteiger partial charge in [0.05, 0.1) is 17.4 Å². The van der Waals surface area contributed by atoms with Crippen LogP contribution in [0.15, 0.2) is 42.5 Å². The molecular formula is C19H18ClN3O3. The monoisotopic (exact) mass is 371 g/mol. The fraction of sp³-hybridized carbons (Fsp3) is 0.211. The number of ether oxygens (including phenoxy) is 1. The number of hydrogen-bond donors (Lipinski definition) is 2. The van der Waals surface area contributed by atoms with Crippen LogP contribution >= 0.6 is 11.6 Å². The minimum atomic E-state index is -0.886. The Morgan fingerprint density at radius 3 is 2.62 bits per heavy atom. The molecule has 2 N–H and O–H groups in total. The minimum Gasteiger partial charge on any atom is -0.375 e. The van der Waals surface area contributed by atoms with E-state index in [2.05, 4.69) is 10.6 Å². The number of nitriles is 1. The highest BCUT2D eigenvalue weighted by atomic mass is 35.5. The second-order valence-electron chi connectivity index (χ2n) is 5.55. The molecule has 0 saturated carbocycles. The van der Waals surface area contributed by atoms with Crippen LogP contribution in [0.5, 0.6) is 0 Å². The van der Waals surface area contributed by atoms with Gasteiger partial charge in [0.25, 0.3) is 0 Å². The summed E-state index contributed by atoms with van der Waals surface area (Å²) in [5, 5.41) is 14.3. The molecule has 0 aliphatic heterocycles. The maximum absolute atomic E-state index is 12.1. The molecule has 134 valence electrons. The number of amides is 2. The molecule has 0 radical (unpaired) electrons. The molecule has 6 nitrogen and oxygen atoms in total. The second kappa shape index (κ2) is 8.99. The SMILES string of the molecule is CO[C@@H](CNC(=O)C(=O)Nc1cc(Cl)ccc1C#N)c1ccccc1C. The lowest BCUT2D eigenvalue weighted by Gasteiger charge is -2.18. The van der Waals surface area contributed by atoms with Crippen molar-refractivity contribution in [3.63, 3.8) is 0 Å². The lowest BCUT2D eigenvalue weighted by atomic mass is 10.0. The Bertz CT molecular complexity index is 861. The summed E-state index contributed by atoms with van der Waals surface area (Å²) in [6, 6.07) is 14.0. The van der Waals surface area contributed by atoms with Gasteiger partial charge in [-0.15, -0.1) is 0 Å². The van der Waals surface area contributed by atoms with E-state index < -0.39 is 11.8 Å². The Morgan fingerprint density at radius 2 is 1.96 bits per heavy atom. The molecule has 0 heterocycles.